The van der Waals surface area contributed by atoms with Crippen LogP contribution in [0, 0.1) is 0 Å². The number of carbonyl (C=O) groups is 2. The topological polar surface area (TPSA) is 102 Å². The smallest absolute Gasteiger partial charge is 0.407 e. The SMILES string of the molecule is O=C(O)N1CCN(C(=O)c2ncn(CC3(O)CCN(Cc4ccccc4)CC3)c2-c2ccccc2)[C@H](Cc2ccccc2)C1. The number of amides is 2. The molecule has 2 N–H and O–H groups in total. The molecule has 0 bridgehead atoms. The number of imidazole rings is 1. The van der Waals surface area contributed by atoms with Gasteiger partial charge in [-0.1, -0.05) is 91.0 Å². The van der Waals surface area contributed by atoms with Gasteiger partial charge in [-0.05, 0) is 30.4 Å². The van der Waals surface area contributed by atoms with Gasteiger partial charge in [0.05, 0.1) is 30.2 Å². The Bertz CT molecular complexity index is 1550. The summed E-state index contributed by atoms with van der Waals surface area (Å²) in [4.78, 5) is 36.3. The van der Waals surface area contributed by atoms with E-state index in [0.29, 0.717) is 37.2 Å². The van der Waals surface area contributed by atoms with Gasteiger partial charge in [0.15, 0.2) is 5.69 Å². The monoisotopic (exact) mass is 593 g/mol. The number of aromatic nitrogens is 2. The van der Waals surface area contributed by atoms with Crippen LogP contribution in [0.15, 0.2) is 97.3 Å². The van der Waals surface area contributed by atoms with E-state index in [1.165, 1.54) is 10.5 Å². The van der Waals surface area contributed by atoms with Gasteiger partial charge >= 0.3 is 6.09 Å². The van der Waals surface area contributed by atoms with E-state index in [0.717, 1.165) is 30.8 Å². The van der Waals surface area contributed by atoms with E-state index in [4.69, 9.17) is 0 Å². The van der Waals surface area contributed by atoms with Gasteiger partial charge in [-0.25, -0.2) is 9.78 Å². The van der Waals surface area contributed by atoms with Crippen molar-refractivity contribution < 1.29 is 19.8 Å². The highest BCUT2D eigenvalue weighted by Crippen LogP contribution is 2.31. The van der Waals surface area contributed by atoms with E-state index >= 15 is 0 Å². The Kier molecular flexibility index (Phi) is 8.77. The second-order valence-corrected chi connectivity index (χ2v) is 12.0. The van der Waals surface area contributed by atoms with Gasteiger partial charge in [0.25, 0.3) is 5.91 Å². The number of hydrogen-bond donors (Lipinski definition) is 2. The van der Waals surface area contributed by atoms with Crippen molar-refractivity contribution in [2.24, 2.45) is 0 Å². The number of likely N-dealkylation sites (tertiary alicyclic amines) is 1. The van der Waals surface area contributed by atoms with Gasteiger partial charge in [0.1, 0.15) is 0 Å². The maximum atomic E-state index is 14.3. The van der Waals surface area contributed by atoms with Crippen LogP contribution < -0.4 is 0 Å². The van der Waals surface area contributed by atoms with Crippen molar-refractivity contribution in [2.75, 3.05) is 32.7 Å². The molecule has 1 aromatic heterocycles. The molecular formula is C35H39N5O4. The fourth-order valence-corrected chi connectivity index (χ4v) is 6.49. The lowest BCUT2D eigenvalue weighted by Crippen LogP contribution is -2.57. The molecule has 2 amide bonds. The van der Waals surface area contributed by atoms with Crippen molar-refractivity contribution in [3.05, 3.63) is 114 Å². The number of carboxylic acid groups (broad SMARTS) is 1. The molecule has 3 heterocycles. The summed E-state index contributed by atoms with van der Waals surface area (Å²) in [7, 11) is 0. The first-order valence-electron chi connectivity index (χ1n) is 15.3. The first kappa shape index (κ1) is 29.6. The Morgan fingerprint density at radius 2 is 1.43 bits per heavy atom. The molecule has 6 rings (SSSR count). The number of benzene rings is 3. The molecule has 1 atom stereocenters. The minimum Gasteiger partial charge on any atom is -0.465 e. The van der Waals surface area contributed by atoms with Gasteiger partial charge in [-0.15, -0.1) is 0 Å². The maximum absolute atomic E-state index is 14.3. The molecule has 3 aromatic carbocycles. The Morgan fingerprint density at radius 3 is 2.07 bits per heavy atom. The zero-order valence-electron chi connectivity index (χ0n) is 24.8. The summed E-state index contributed by atoms with van der Waals surface area (Å²) in [6.45, 7) is 3.50. The van der Waals surface area contributed by atoms with Gasteiger partial charge < -0.3 is 24.6 Å². The number of carbonyl (C=O) groups excluding carboxylic acids is 1. The van der Waals surface area contributed by atoms with Crippen LogP contribution in [0.3, 0.4) is 0 Å². The molecule has 2 aliphatic rings. The van der Waals surface area contributed by atoms with E-state index < -0.39 is 11.7 Å². The number of rotatable bonds is 8. The molecule has 0 saturated carbocycles. The normalized spacial score (nSPS) is 18.7. The molecule has 228 valence electrons. The summed E-state index contributed by atoms with van der Waals surface area (Å²) >= 11 is 0. The summed E-state index contributed by atoms with van der Waals surface area (Å²) in [5.74, 6) is -0.224. The number of piperidine rings is 1. The quantitative estimate of drug-likeness (QED) is 0.309. The predicted molar refractivity (Wildman–Crippen MR) is 168 cm³/mol. The molecule has 2 fully saturated rings. The largest absolute Gasteiger partial charge is 0.465 e. The number of hydrogen-bond acceptors (Lipinski definition) is 5. The van der Waals surface area contributed by atoms with Crippen LogP contribution in [0.25, 0.3) is 11.3 Å². The second kappa shape index (κ2) is 13.0. The molecular weight excluding hydrogens is 554 g/mol. The minimum absolute atomic E-state index is 0.224. The number of aliphatic hydroxyl groups is 1. The third kappa shape index (κ3) is 6.69. The van der Waals surface area contributed by atoms with Gasteiger partial charge in [0.2, 0.25) is 0 Å². The lowest BCUT2D eigenvalue weighted by molar-refractivity contribution is -0.0355. The van der Waals surface area contributed by atoms with Crippen LogP contribution in [0.1, 0.15) is 34.5 Å². The standard InChI is InChI=1S/C35H39N5O4/c41-33(40-21-20-38(34(42)43)24-30(40)22-27-10-4-1-5-11-27)31-32(29-14-8-3-9-15-29)39(26-36-31)25-35(44)16-18-37(19-17-35)23-28-12-6-2-7-13-28/h1-15,26,30,44H,16-25H2,(H,42,43)/t30-/m1/s1. The van der Waals surface area contributed by atoms with E-state index in [-0.39, 0.29) is 31.6 Å². The predicted octanol–water partition coefficient (Wildman–Crippen LogP) is 4.62. The highest BCUT2D eigenvalue weighted by Gasteiger charge is 2.37. The van der Waals surface area contributed by atoms with Crippen LogP contribution in [0.2, 0.25) is 0 Å². The molecule has 9 nitrogen and oxygen atoms in total. The van der Waals surface area contributed by atoms with Gasteiger partial charge in [-0.3, -0.25) is 9.69 Å². The summed E-state index contributed by atoms with van der Waals surface area (Å²) < 4.78 is 1.93. The van der Waals surface area contributed by atoms with Crippen LogP contribution in [-0.2, 0) is 19.5 Å². The molecule has 0 unspecified atom stereocenters. The van der Waals surface area contributed by atoms with Crippen molar-refractivity contribution in [1.82, 2.24) is 24.3 Å². The van der Waals surface area contributed by atoms with Crippen molar-refractivity contribution in [3.63, 3.8) is 0 Å². The molecule has 0 aliphatic carbocycles. The number of piperazine rings is 1. The molecule has 44 heavy (non-hydrogen) atoms. The fraction of sp³-hybridized carbons (Fsp3) is 0.343. The summed E-state index contributed by atoms with van der Waals surface area (Å²) in [6, 6.07) is 29.6. The molecule has 4 aromatic rings. The lowest BCUT2D eigenvalue weighted by atomic mass is 9.90. The third-order valence-electron chi connectivity index (χ3n) is 8.92. The summed E-state index contributed by atoms with van der Waals surface area (Å²) in [5, 5.41) is 21.4. The third-order valence-corrected chi connectivity index (χ3v) is 8.92. The first-order chi connectivity index (χ1) is 21.4. The van der Waals surface area contributed by atoms with E-state index in [1.54, 1.807) is 11.2 Å². The van der Waals surface area contributed by atoms with Crippen molar-refractivity contribution in [2.45, 2.75) is 44.0 Å². The first-order valence-corrected chi connectivity index (χ1v) is 15.3. The molecule has 2 aliphatic heterocycles. The molecule has 0 spiro atoms. The number of nitrogens with zero attached hydrogens (tertiary/aromatic N) is 5. The van der Waals surface area contributed by atoms with Gasteiger partial charge in [0, 0.05) is 44.8 Å². The van der Waals surface area contributed by atoms with Crippen LogP contribution in [-0.4, -0.2) is 90.8 Å². The average Bonchev–Trinajstić information content (AvgIpc) is 3.46. The summed E-state index contributed by atoms with van der Waals surface area (Å²) in [6.07, 6.45) is 2.46. The Hall–Kier alpha value is -4.47. The highest BCUT2D eigenvalue weighted by atomic mass is 16.4. The Balaban J connectivity index is 1.24. The van der Waals surface area contributed by atoms with E-state index in [9.17, 15) is 19.8 Å². The van der Waals surface area contributed by atoms with Crippen LogP contribution in [0.5, 0.6) is 0 Å². The fourth-order valence-electron chi connectivity index (χ4n) is 6.49. The average molecular weight is 594 g/mol. The van der Waals surface area contributed by atoms with Crippen LogP contribution in [0.4, 0.5) is 4.79 Å². The van der Waals surface area contributed by atoms with E-state index in [1.807, 2.05) is 71.3 Å². The minimum atomic E-state index is -0.979. The molecule has 2 saturated heterocycles. The van der Waals surface area contributed by atoms with Crippen molar-refractivity contribution in [1.29, 1.82) is 0 Å². The van der Waals surface area contributed by atoms with Crippen molar-refractivity contribution in [3.8, 4) is 11.3 Å². The zero-order chi connectivity index (χ0) is 30.5. The summed E-state index contributed by atoms with van der Waals surface area (Å²) in [5.41, 5.74) is 3.22. The maximum Gasteiger partial charge on any atom is 0.407 e. The second-order valence-electron chi connectivity index (χ2n) is 12.0. The van der Waals surface area contributed by atoms with Crippen LogP contribution >= 0.6 is 0 Å². The van der Waals surface area contributed by atoms with Crippen molar-refractivity contribution >= 4 is 12.0 Å². The molecule has 9 heteroatoms. The Morgan fingerprint density at radius 1 is 0.818 bits per heavy atom. The van der Waals surface area contributed by atoms with E-state index in [2.05, 4.69) is 34.1 Å². The lowest BCUT2D eigenvalue weighted by Gasteiger charge is -2.40. The zero-order valence-corrected chi connectivity index (χ0v) is 24.8. The molecule has 0 radical (unpaired) electrons. The highest BCUT2D eigenvalue weighted by molar-refractivity contribution is 5.98. The Labute approximate surface area is 258 Å². The van der Waals surface area contributed by atoms with Gasteiger partial charge in [-0.2, -0.15) is 0 Å².